The second-order valence-corrected chi connectivity index (χ2v) is 4.04. The van der Waals surface area contributed by atoms with Crippen LogP contribution in [0.2, 0.25) is 0 Å². The summed E-state index contributed by atoms with van der Waals surface area (Å²) >= 11 is 0. The van der Waals surface area contributed by atoms with Gasteiger partial charge in [0.15, 0.2) is 11.5 Å². The first-order chi connectivity index (χ1) is 8.22. The van der Waals surface area contributed by atoms with Crippen LogP contribution in [0.1, 0.15) is 6.92 Å². The van der Waals surface area contributed by atoms with E-state index in [-0.39, 0.29) is 6.79 Å². The van der Waals surface area contributed by atoms with Gasteiger partial charge in [0.2, 0.25) is 12.7 Å². The SMILES string of the molecule is CC(O)CNc1nc2cc3c(cc2[nH]1)OCO3. The predicted octanol–water partition coefficient (Wildman–Crippen LogP) is 1.08. The maximum Gasteiger partial charge on any atom is 0.231 e. The zero-order chi connectivity index (χ0) is 11.8. The van der Waals surface area contributed by atoms with Crippen LogP contribution in [0.5, 0.6) is 11.5 Å². The molecule has 3 N–H and O–H groups in total. The number of H-pyrrole nitrogens is 1. The van der Waals surface area contributed by atoms with Crippen LogP contribution in [-0.2, 0) is 0 Å². The summed E-state index contributed by atoms with van der Waals surface area (Å²) in [6.07, 6.45) is -0.417. The smallest absolute Gasteiger partial charge is 0.231 e. The van der Waals surface area contributed by atoms with E-state index >= 15 is 0 Å². The average molecular weight is 235 g/mol. The molecule has 1 aromatic carbocycles. The van der Waals surface area contributed by atoms with Gasteiger partial charge in [0.1, 0.15) is 0 Å². The molecule has 0 fully saturated rings. The largest absolute Gasteiger partial charge is 0.454 e. The fraction of sp³-hybridized carbons (Fsp3) is 0.364. The van der Waals surface area contributed by atoms with E-state index in [4.69, 9.17) is 9.47 Å². The van der Waals surface area contributed by atoms with Crippen LogP contribution in [0.3, 0.4) is 0 Å². The molecule has 2 heterocycles. The molecule has 6 nitrogen and oxygen atoms in total. The minimum atomic E-state index is -0.417. The van der Waals surface area contributed by atoms with Crippen LogP contribution in [0.4, 0.5) is 5.95 Å². The monoisotopic (exact) mass is 235 g/mol. The summed E-state index contributed by atoms with van der Waals surface area (Å²) < 4.78 is 10.6. The van der Waals surface area contributed by atoms with Gasteiger partial charge in [-0.25, -0.2) is 4.98 Å². The second kappa shape index (κ2) is 3.81. The van der Waals surface area contributed by atoms with Crippen molar-refractivity contribution in [2.75, 3.05) is 18.7 Å². The topological polar surface area (TPSA) is 79.4 Å². The molecule has 0 bridgehead atoms. The summed E-state index contributed by atoms with van der Waals surface area (Å²) in [5.74, 6) is 2.07. The van der Waals surface area contributed by atoms with E-state index in [2.05, 4.69) is 15.3 Å². The van der Waals surface area contributed by atoms with Crippen molar-refractivity contribution >= 4 is 17.0 Å². The maximum atomic E-state index is 9.18. The Bertz CT molecular complexity index is 509. The Kier molecular flexibility index (Phi) is 2.29. The van der Waals surface area contributed by atoms with Gasteiger partial charge >= 0.3 is 0 Å². The predicted molar refractivity (Wildman–Crippen MR) is 62.4 cm³/mol. The van der Waals surface area contributed by atoms with Crippen LogP contribution in [0, 0.1) is 0 Å². The van der Waals surface area contributed by atoms with E-state index in [9.17, 15) is 5.11 Å². The molecule has 1 atom stereocenters. The third-order valence-corrected chi connectivity index (χ3v) is 2.54. The highest BCUT2D eigenvalue weighted by Crippen LogP contribution is 2.35. The maximum absolute atomic E-state index is 9.18. The lowest BCUT2D eigenvalue weighted by atomic mass is 10.3. The molecule has 3 rings (SSSR count). The van der Waals surface area contributed by atoms with Crippen molar-refractivity contribution in [3.63, 3.8) is 0 Å². The van der Waals surface area contributed by atoms with Gasteiger partial charge in [-0.05, 0) is 6.92 Å². The van der Waals surface area contributed by atoms with Crippen LogP contribution < -0.4 is 14.8 Å². The molecule has 17 heavy (non-hydrogen) atoms. The Hall–Kier alpha value is -1.95. The van der Waals surface area contributed by atoms with Crippen molar-refractivity contribution in [3.05, 3.63) is 12.1 Å². The standard InChI is InChI=1S/C11H13N3O3/c1-6(15)4-12-11-13-7-2-9-10(17-5-16-9)3-8(7)14-11/h2-3,6,15H,4-5H2,1H3,(H2,12,13,14). The highest BCUT2D eigenvalue weighted by Gasteiger charge is 2.16. The molecular weight excluding hydrogens is 222 g/mol. The summed E-state index contributed by atoms with van der Waals surface area (Å²) in [5, 5.41) is 12.2. The number of hydrogen-bond acceptors (Lipinski definition) is 5. The van der Waals surface area contributed by atoms with Crippen LogP contribution in [0.15, 0.2) is 12.1 Å². The first-order valence-electron chi connectivity index (χ1n) is 5.43. The molecule has 1 unspecified atom stereocenters. The molecule has 0 saturated heterocycles. The first kappa shape index (κ1) is 10.2. The van der Waals surface area contributed by atoms with Gasteiger partial charge in [0.05, 0.1) is 17.1 Å². The lowest BCUT2D eigenvalue weighted by Gasteiger charge is -2.03. The fourth-order valence-electron chi connectivity index (χ4n) is 1.73. The van der Waals surface area contributed by atoms with Crippen molar-refractivity contribution in [3.8, 4) is 11.5 Å². The van der Waals surface area contributed by atoms with Crippen LogP contribution in [0.25, 0.3) is 11.0 Å². The van der Waals surface area contributed by atoms with Crippen molar-refractivity contribution in [1.29, 1.82) is 0 Å². The van der Waals surface area contributed by atoms with E-state index in [0.717, 1.165) is 16.8 Å². The third kappa shape index (κ3) is 1.87. The van der Waals surface area contributed by atoms with Crippen molar-refractivity contribution in [2.45, 2.75) is 13.0 Å². The van der Waals surface area contributed by atoms with E-state index in [1.807, 2.05) is 12.1 Å². The molecule has 90 valence electrons. The number of fused-ring (bicyclic) bond motifs is 2. The van der Waals surface area contributed by atoms with Gasteiger partial charge in [-0.1, -0.05) is 0 Å². The number of hydrogen-bond donors (Lipinski definition) is 3. The van der Waals surface area contributed by atoms with Gasteiger partial charge in [-0.3, -0.25) is 0 Å². The number of anilines is 1. The summed E-state index contributed by atoms with van der Waals surface area (Å²) in [5.41, 5.74) is 1.68. The minimum absolute atomic E-state index is 0.259. The average Bonchev–Trinajstić information content (AvgIpc) is 2.87. The highest BCUT2D eigenvalue weighted by molar-refractivity contribution is 5.81. The normalized spacial score (nSPS) is 15.2. The number of nitrogens with one attached hydrogen (secondary N) is 2. The zero-order valence-corrected chi connectivity index (χ0v) is 9.36. The molecule has 1 aromatic heterocycles. The molecule has 6 heteroatoms. The number of aliphatic hydroxyl groups is 1. The highest BCUT2D eigenvalue weighted by atomic mass is 16.7. The summed E-state index contributed by atoms with van der Waals surface area (Å²) in [4.78, 5) is 7.46. The quantitative estimate of drug-likeness (QED) is 0.742. The minimum Gasteiger partial charge on any atom is -0.454 e. The summed E-state index contributed by atoms with van der Waals surface area (Å²) in [7, 11) is 0. The van der Waals surface area contributed by atoms with Crippen molar-refractivity contribution < 1.29 is 14.6 Å². The number of nitrogens with zero attached hydrogens (tertiary/aromatic N) is 1. The molecule has 0 radical (unpaired) electrons. The van der Waals surface area contributed by atoms with E-state index in [0.29, 0.717) is 18.2 Å². The van der Waals surface area contributed by atoms with Gasteiger partial charge in [-0.2, -0.15) is 0 Å². The Morgan fingerprint density at radius 3 is 3.00 bits per heavy atom. The van der Waals surface area contributed by atoms with Crippen molar-refractivity contribution in [1.82, 2.24) is 9.97 Å². The Balaban J connectivity index is 1.91. The number of ether oxygens (including phenoxy) is 2. The Morgan fingerprint density at radius 2 is 2.24 bits per heavy atom. The Morgan fingerprint density at radius 1 is 1.47 bits per heavy atom. The lowest BCUT2D eigenvalue weighted by molar-refractivity contribution is 0.174. The molecule has 1 aliphatic rings. The number of aromatic nitrogens is 2. The number of benzene rings is 1. The molecule has 0 spiro atoms. The molecule has 0 amide bonds. The Labute approximate surface area is 97.6 Å². The second-order valence-electron chi connectivity index (χ2n) is 4.04. The molecule has 0 aliphatic carbocycles. The van der Waals surface area contributed by atoms with E-state index < -0.39 is 6.10 Å². The summed E-state index contributed by atoms with van der Waals surface area (Å²) in [6, 6.07) is 3.69. The molecular formula is C11H13N3O3. The van der Waals surface area contributed by atoms with Crippen LogP contribution in [-0.4, -0.2) is 34.5 Å². The van der Waals surface area contributed by atoms with Crippen molar-refractivity contribution in [2.24, 2.45) is 0 Å². The zero-order valence-electron chi connectivity index (χ0n) is 9.36. The fourth-order valence-corrected chi connectivity index (χ4v) is 1.73. The molecule has 2 aromatic rings. The molecule has 0 saturated carbocycles. The van der Waals surface area contributed by atoms with E-state index in [1.54, 1.807) is 6.92 Å². The van der Waals surface area contributed by atoms with Gasteiger partial charge in [0, 0.05) is 18.7 Å². The molecule has 1 aliphatic heterocycles. The third-order valence-electron chi connectivity index (χ3n) is 2.54. The van der Waals surface area contributed by atoms with E-state index in [1.165, 1.54) is 0 Å². The van der Waals surface area contributed by atoms with Crippen LogP contribution >= 0.6 is 0 Å². The first-order valence-corrected chi connectivity index (χ1v) is 5.43. The van der Waals surface area contributed by atoms with Gasteiger partial charge in [0.25, 0.3) is 0 Å². The van der Waals surface area contributed by atoms with Gasteiger partial charge < -0.3 is 24.9 Å². The van der Waals surface area contributed by atoms with Gasteiger partial charge in [-0.15, -0.1) is 0 Å². The summed E-state index contributed by atoms with van der Waals surface area (Å²) in [6.45, 7) is 2.42. The number of rotatable bonds is 3. The number of imidazole rings is 1. The number of aromatic amines is 1. The number of aliphatic hydroxyl groups excluding tert-OH is 1. The lowest BCUT2D eigenvalue weighted by Crippen LogP contribution is -2.15.